The van der Waals surface area contributed by atoms with Crippen molar-refractivity contribution in [2.75, 3.05) is 6.54 Å². The molecule has 0 radical (unpaired) electrons. The van der Waals surface area contributed by atoms with E-state index in [-0.39, 0.29) is 0 Å². The molecule has 0 unspecified atom stereocenters. The van der Waals surface area contributed by atoms with Crippen molar-refractivity contribution in [1.29, 1.82) is 0 Å². The molecular formula is C11H22N4. The van der Waals surface area contributed by atoms with Gasteiger partial charge in [-0.05, 0) is 12.5 Å². The van der Waals surface area contributed by atoms with Crippen molar-refractivity contribution in [3.63, 3.8) is 0 Å². The Morgan fingerprint density at radius 2 is 2.07 bits per heavy atom. The third-order valence-corrected chi connectivity index (χ3v) is 2.74. The van der Waals surface area contributed by atoms with Crippen LogP contribution in [-0.4, -0.2) is 21.5 Å². The molecule has 0 aliphatic heterocycles. The van der Waals surface area contributed by atoms with Gasteiger partial charge in [0, 0.05) is 19.3 Å². The second-order valence-electron chi connectivity index (χ2n) is 3.89. The molecule has 0 aliphatic carbocycles. The summed E-state index contributed by atoms with van der Waals surface area (Å²) in [5.41, 5.74) is 1.03. The fourth-order valence-corrected chi connectivity index (χ4v) is 1.57. The monoisotopic (exact) mass is 210 g/mol. The maximum atomic E-state index is 4.13. The zero-order valence-corrected chi connectivity index (χ0v) is 10.0. The summed E-state index contributed by atoms with van der Waals surface area (Å²) in [4.78, 5) is 0. The second-order valence-corrected chi connectivity index (χ2v) is 3.89. The highest BCUT2D eigenvalue weighted by molar-refractivity contribution is 4.91. The lowest BCUT2D eigenvalue weighted by Gasteiger charge is -2.10. The molecule has 15 heavy (non-hydrogen) atoms. The van der Waals surface area contributed by atoms with Crippen LogP contribution in [0.2, 0.25) is 0 Å². The zero-order chi connectivity index (χ0) is 11.1. The van der Waals surface area contributed by atoms with Crippen molar-refractivity contribution in [2.24, 2.45) is 5.92 Å². The first-order chi connectivity index (χ1) is 7.30. The Morgan fingerprint density at radius 1 is 1.33 bits per heavy atom. The molecule has 1 aromatic rings. The molecule has 0 amide bonds. The first-order valence-electron chi connectivity index (χ1n) is 5.89. The summed E-state index contributed by atoms with van der Waals surface area (Å²) < 4.78 is 1.96. The molecule has 1 rings (SSSR count). The minimum atomic E-state index is 0.721. The van der Waals surface area contributed by atoms with Crippen LogP contribution in [0.3, 0.4) is 0 Å². The molecule has 0 aliphatic rings. The largest absolute Gasteiger partial charge is 0.311 e. The van der Waals surface area contributed by atoms with E-state index in [0.29, 0.717) is 0 Å². The Balaban J connectivity index is 2.44. The van der Waals surface area contributed by atoms with Gasteiger partial charge in [0.25, 0.3) is 0 Å². The Hall–Kier alpha value is -0.900. The lowest BCUT2D eigenvalue weighted by atomic mass is 10.0. The molecular weight excluding hydrogens is 188 g/mol. The average molecular weight is 210 g/mol. The van der Waals surface area contributed by atoms with Crippen LogP contribution in [0, 0.1) is 5.92 Å². The van der Waals surface area contributed by atoms with Gasteiger partial charge in [-0.3, -0.25) is 4.68 Å². The van der Waals surface area contributed by atoms with Crippen molar-refractivity contribution >= 4 is 0 Å². The fraction of sp³-hybridized carbons (Fsp3) is 0.818. The molecule has 1 aromatic heterocycles. The third-order valence-electron chi connectivity index (χ3n) is 2.74. The summed E-state index contributed by atoms with van der Waals surface area (Å²) >= 11 is 0. The topological polar surface area (TPSA) is 42.7 Å². The summed E-state index contributed by atoms with van der Waals surface area (Å²) in [6.45, 7) is 9.33. The van der Waals surface area contributed by atoms with Gasteiger partial charge in [-0.25, -0.2) is 0 Å². The maximum absolute atomic E-state index is 4.13. The summed E-state index contributed by atoms with van der Waals surface area (Å²) in [6, 6.07) is 0. The number of aromatic nitrogens is 3. The summed E-state index contributed by atoms with van der Waals surface area (Å²) in [6.07, 6.45) is 4.46. The molecule has 0 saturated carbocycles. The van der Waals surface area contributed by atoms with Gasteiger partial charge in [0.2, 0.25) is 0 Å². The molecule has 0 aromatic carbocycles. The quantitative estimate of drug-likeness (QED) is 0.746. The molecule has 4 nitrogen and oxygen atoms in total. The van der Waals surface area contributed by atoms with Gasteiger partial charge in [-0.2, -0.15) is 0 Å². The number of nitrogens with zero attached hydrogens (tertiary/aromatic N) is 3. The Bertz CT molecular complexity index is 265. The standard InChI is InChI=1S/C11H22N4/c1-4-10(5-2)8-15-9-11(13-14-15)7-12-6-3/h9-10,12H,4-8H2,1-3H3. The normalized spacial score (nSPS) is 11.2. The van der Waals surface area contributed by atoms with E-state index in [9.17, 15) is 0 Å². The first-order valence-corrected chi connectivity index (χ1v) is 5.89. The van der Waals surface area contributed by atoms with Gasteiger partial charge in [0.15, 0.2) is 0 Å². The number of hydrogen-bond acceptors (Lipinski definition) is 3. The minimum Gasteiger partial charge on any atom is -0.311 e. The third kappa shape index (κ3) is 4.00. The van der Waals surface area contributed by atoms with Crippen molar-refractivity contribution < 1.29 is 0 Å². The van der Waals surface area contributed by atoms with Crippen LogP contribution in [0.4, 0.5) is 0 Å². The lowest BCUT2D eigenvalue weighted by molar-refractivity contribution is 0.390. The Morgan fingerprint density at radius 3 is 2.67 bits per heavy atom. The Labute approximate surface area is 92.1 Å². The van der Waals surface area contributed by atoms with Crippen LogP contribution in [0.1, 0.15) is 39.3 Å². The van der Waals surface area contributed by atoms with E-state index in [4.69, 9.17) is 0 Å². The van der Waals surface area contributed by atoms with Crippen LogP contribution in [0.5, 0.6) is 0 Å². The van der Waals surface area contributed by atoms with Crippen LogP contribution >= 0.6 is 0 Å². The number of rotatable bonds is 7. The predicted molar refractivity (Wildman–Crippen MR) is 61.5 cm³/mol. The molecule has 0 atom stereocenters. The molecule has 1 heterocycles. The fourth-order valence-electron chi connectivity index (χ4n) is 1.57. The molecule has 0 fully saturated rings. The summed E-state index contributed by atoms with van der Waals surface area (Å²) in [5.74, 6) is 0.721. The van der Waals surface area contributed by atoms with E-state index in [1.54, 1.807) is 0 Å². The van der Waals surface area contributed by atoms with E-state index >= 15 is 0 Å². The van der Waals surface area contributed by atoms with Gasteiger partial charge < -0.3 is 5.32 Å². The van der Waals surface area contributed by atoms with E-state index in [1.807, 2.05) is 10.9 Å². The predicted octanol–water partition coefficient (Wildman–Crippen LogP) is 1.82. The molecule has 0 saturated heterocycles. The maximum Gasteiger partial charge on any atom is 0.0964 e. The highest BCUT2D eigenvalue weighted by Crippen LogP contribution is 2.09. The molecule has 4 heteroatoms. The van der Waals surface area contributed by atoms with Crippen molar-refractivity contribution in [2.45, 2.75) is 46.7 Å². The van der Waals surface area contributed by atoms with Crippen molar-refractivity contribution in [1.82, 2.24) is 20.3 Å². The van der Waals surface area contributed by atoms with E-state index in [1.165, 1.54) is 12.8 Å². The van der Waals surface area contributed by atoms with Gasteiger partial charge in [-0.1, -0.05) is 38.8 Å². The van der Waals surface area contributed by atoms with Crippen molar-refractivity contribution in [3.05, 3.63) is 11.9 Å². The molecule has 1 N–H and O–H groups in total. The van der Waals surface area contributed by atoms with E-state index < -0.39 is 0 Å². The summed E-state index contributed by atoms with van der Waals surface area (Å²) in [5, 5.41) is 11.5. The van der Waals surface area contributed by atoms with Crippen LogP contribution in [-0.2, 0) is 13.1 Å². The van der Waals surface area contributed by atoms with E-state index in [0.717, 1.165) is 31.2 Å². The highest BCUT2D eigenvalue weighted by Gasteiger charge is 2.06. The Kier molecular flexibility index (Phi) is 5.32. The number of nitrogens with one attached hydrogen (secondary N) is 1. The van der Waals surface area contributed by atoms with Crippen molar-refractivity contribution in [3.8, 4) is 0 Å². The summed E-state index contributed by atoms with van der Waals surface area (Å²) in [7, 11) is 0. The van der Waals surface area contributed by atoms with Crippen LogP contribution in [0.25, 0.3) is 0 Å². The molecule has 0 bridgehead atoms. The van der Waals surface area contributed by atoms with Gasteiger partial charge in [0.05, 0.1) is 5.69 Å². The lowest BCUT2D eigenvalue weighted by Crippen LogP contribution is -2.12. The van der Waals surface area contributed by atoms with Gasteiger partial charge in [-0.15, -0.1) is 5.10 Å². The van der Waals surface area contributed by atoms with Crippen LogP contribution in [0.15, 0.2) is 6.20 Å². The average Bonchev–Trinajstić information content (AvgIpc) is 2.70. The first kappa shape index (κ1) is 12.2. The van der Waals surface area contributed by atoms with E-state index in [2.05, 4.69) is 36.4 Å². The molecule has 0 spiro atoms. The minimum absolute atomic E-state index is 0.721. The SMILES string of the molecule is CCNCc1cn(CC(CC)CC)nn1. The van der Waals surface area contributed by atoms with Crippen LogP contribution < -0.4 is 5.32 Å². The molecule has 86 valence electrons. The van der Waals surface area contributed by atoms with Gasteiger partial charge >= 0.3 is 0 Å². The highest BCUT2D eigenvalue weighted by atomic mass is 15.4. The zero-order valence-electron chi connectivity index (χ0n) is 10.0. The second kappa shape index (κ2) is 6.56. The number of hydrogen-bond donors (Lipinski definition) is 1. The smallest absolute Gasteiger partial charge is 0.0964 e. The van der Waals surface area contributed by atoms with Gasteiger partial charge in [0.1, 0.15) is 0 Å².